The Kier molecular flexibility index (Phi) is 8.71. The lowest BCUT2D eigenvalue weighted by atomic mass is 9.96. The summed E-state index contributed by atoms with van der Waals surface area (Å²) in [5, 5.41) is 44.0. The molecular formula is C14H24N4O2. The number of azo groups is 1. The lowest BCUT2D eigenvalue weighted by Gasteiger charge is -2.19. The maximum atomic E-state index is 9.19. The predicted molar refractivity (Wildman–Crippen MR) is 74.8 cm³/mol. The molecule has 0 aliphatic rings. The molecule has 0 bridgehead atoms. The quantitative estimate of drug-likeness (QED) is 0.472. The van der Waals surface area contributed by atoms with Gasteiger partial charge in [-0.2, -0.15) is 20.8 Å². The molecule has 2 atom stereocenters. The second-order valence-electron chi connectivity index (χ2n) is 5.33. The van der Waals surface area contributed by atoms with Gasteiger partial charge in [0.1, 0.15) is 0 Å². The van der Waals surface area contributed by atoms with E-state index in [2.05, 4.69) is 22.4 Å². The van der Waals surface area contributed by atoms with Gasteiger partial charge < -0.3 is 10.2 Å². The Morgan fingerprint density at radius 1 is 0.800 bits per heavy atom. The predicted octanol–water partition coefficient (Wildman–Crippen LogP) is 2.33. The minimum Gasteiger partial charge on any atom is -0.396 e. The van der Waals surface area contributed by atoms with Gasteiger partial charge in [0.15, 0.2) is 11.1 Å². The van der Waals surface area contributed by atoms with Gasteiger partial charge >= 0.3 is 0 Å². The van der Waals surface area contributed by atoms with Gasteiger partial charge in [0.2, 0.25) is 0 Å². The van der Waals surface area contributed by atoms with Gasteiger partial charge in [-0.05, 0) is 52.4 Å². The van der Waals surface area contributed by atoms with Crippen LogP contribution in [-0.4, -0.2) is 34.5 Å². The van der Waals surface area contributed by atoms with Gasteiger partial charge in [0, 0.05) is 13.2 Å². The van der Waals surface area contributed by atoms with Crippen molar-refractivity contribution in [3.63, 3.8) is 0 Å². The van der Waals surface area contributed by atoms with Crippen molar-refractivity contribution >= 4 is 0 Å². The largest absolute Gasteiger partial charge is 0.396 e. The molecule has 0 aromatic carbocycles. The van der Waals surface area contributed by atoms with Crippen LogP contribution in [0.5, 0.6) is 0 Å². The van der Waals surface area contributed by atoms with Crippen LogP contribution in [0.1, 0.15) is 52.4 Å². The molecule has 6 nitrogen and oxygen atoms in total. The fourth-order valence-corrected chi connectivity index (χ4v) is 1.64. The standard InChI is InChI=1S/C14H24N4O2/c1-13(11-15,7-3-5-9-19)17-18-14(2,12-16)8-4-6-10-20/h19-20H,3-10H2,1-2H3/b18-17+. The van der Waals surface area contributed by atoms with Crippen molar-refractivity contribution in [2.75, 3.05) is 13.2 Å². The average Bonchev–Trinajstić information content (AvgIpc) is 2.46. The molecule has 2 unspecified atom stereocenters. The molecule has 0 aliphatic carbocycles. The van der Waals surface area contributed by atoms with Crippen LogP contribution < -0.4 is 0 Å². The molecule has 0 aromatic heterocycles. The van der Waals surface area contributed by atoms with E-state index in [0.717, 1.165) is 0 Å². The summed E-state index contributed by atoms with van der Waals surface area (Å²) in [5.74, 6) is 0. The van der Waals surface area contributed by atoms with E-state index < -0.39 is 11.1 Å². The fourth-order valence-electron chi connectivity index (χ4n) is 1.64. The molecule has 0 saturated carbocycles. The summed E-state index contributed by atoms with van der Waals surface area (Å²) in [7, 11) is 0. The molecule has 20 heavy (non-hydrogen) atoms. The lowest BCUT2D eigenvalue weighted by Crippen LogP contribution is -2.23. The van der Waals surface area contributed by atoms with Crippen molar-refractivity contribution in [2.45, 2.75) is 63.5 Å². The highest BCUT2D eigenvalue weighted by molar-refractivity contribution is 5.07. The molecule has 0 saturated heterocycles. The van der Waals surface area contributed by atoms with E-state index in [1.54, 1.807) is 13.8 Å². The molecule has 112 valence electrons. The Morgan fingerprint density at radius 3 is 1.40 bits per heavy atom. The zero-order chi connectivity index (χ0) is 15.5. The van der Waals surface area contributed by atoms with Gasteiger partial charge in [0.05, 0.1) is 12.1 Å². The minimum absolute atomic E-state index is 0.0930. The number of nitriles is 2. The Bertz CT molecular complexity index is 350. The van der Waals surface area contributed by atoms with Crippen LogP contribution in [0, 0.1) is 22.7 Å². The Labute approximate surface area is 120 Å². The number of rotatable bonds is 10. The Hall–Kier alpha value is -1.50. The van der Waals surface area contributed by atoms with Crippen LogP contribution in [0.3, 0.4) is 0 Å². The fraction of sp³-hybridized carbons (Fsp3) is 0.857. The topological polar surface area (TPSA) is 113 Å². The number of hydrogen-bond acceptors (Lipinski definition) is 6. The van der Waals surface area contributed by atoms with E-state index in [9.17, 15) is 10.5 Å². The average molecular weight is 280 g/mol. The van der Waals surface area contributed by atoms with E-state index in [-0.39, 0.29) is 13.2 Å². The first-order valence-electron chi connectivity index (χ1n) is 6.93. The first-order valence-corrected chi connectivity index (χ1v) is 6.93. The summed E-state index contributed by atoms with van der Waals surface area (Å²) in [6.45, 7) is 3.55. The van der Waals surface area contributed by atoms with Crippen molar-refractivity contribution < 1.29 is 10.2 Å². The summed E-state index contributed by atoms with van der Waals surface area (Å²) in [4.78, 5) is 0. The molecule has 0 rings (SSSR count). The molecule has 2 N–H and O–H groups in total. The normalized spacial score (nSPS) is 17.1. The third-order valence-electron chi connectivity index (χ3n) is 3.12. The summed E-state index contributed by atoms with van der Waals surface area (Å²) in [5.41, 5.74) is -1.91. The summed E-state index contributed by atoms with van der Waals surface area (Å²) >= 11 is 0. The number of unbranched alkanes of at least 4 members (excludes halogenated alkanes) is 2. The van der Waals surface area contributed by atoms with Crippen molar-refractivity contribution in [3.05, 3.63) is 0 Å². The Morgan fingerprint density at radius 2 is 1.15 bits per heavy atom. The molecule has 6 heteroatoms. The number of nitrogens with zero attached hydrogens (tertiary/aromatic N) is 4. The van der Waals surface area contributed by atoms with E-state index in [1.165, 1.54) is 0 Å². The number of aliphatic hydroxyl groups excluding tert-OH is 2. The molecule has 0 amide bonds. The first-order chi connectivity index (χ1) is 9.45. The monoisotopic (exact) mass is 280 g/mol. The van der Waals surface area contributed by atoms with Gasteiger partial charge in [-0.25, -0.2) is 0 Å². The third kappa shape index (κ3) is 7.18. The molecule has 0 fully saturated rings. The van der Waals surface area contributed by atoms with Crippen LogP contribution in [0.15, 0.2) is 10.2 Å². The summed E-state index contributed by atoms with van der Waals surface area (Å²) < 4.78 is 0. The van der Waals surface area contributed by atoms with Crippen LogP contribution in [0.2, 0.25) is 0 Å². The lowest BCUT2D eigenvalue weighted by molar-refractivity contribution is 0.275. The molecule has 0 aliphatic heterocycles. The molecular weight excluding hydrogens is 256 g/mol. The SMILES string of the molecule is CC(C#N)(CCCCO)/N=N/C(C)(C#N)CCCCO. The minimum atomic E-state index is -0.954. The second kappa shape index (κ2) is 9.41. The van der Waals surface area contributed by atoms with Crippen molar-refractivity contribution in [2.24, 2.45) is 10.2 Å². The van der Waals surface area contributed by atoms with Gasteiger partial charge in [-0.15, -0.1) is 0 Å². The van der Waals surface area contributed by atoms with Gasteiger partial charge in [-0.3, -0.25) is 0 Å². The Balaban J connectivity index is 4.66. The van der Waals surface area contributed by atoms with Gasteiger partial charge in [-0.1, -0.05) is 0 Å². The van der Waals surface area contributed by atoms with Crippen LogP contribution in [0.4, 0.5) is 0 Å². The second-order valence-corrected chi connectivity index (χ2v) is 5.33. The summed E-state index contributed by atoms with van der Waals surface area (Å²) in [6.07, 6.45) is 3.63. The maximum absolute atomic E-state index is 9.19. The van der Waals surface area contributed by atoms with E-state index >= 15 is 0 Å². The summed E-state index contributed by atoms with van der Waals surface area (Å²) in [6, 6.07) is 4.22. The number of aliphatic hydroxyl groups is 2. The van der Waals surface area contributed by atoms with Crippen molar-refractivity contribution in [3.8, 4) is 12.1 Å². The zero-order valence-electron chi connectivity index (χ0n) is 12.3. The van der Waals surface area contributed by atoms with Crippen molar-refractivity contribution in [1.29, 1.82) is 10.5 Å². The maximum Gasteiger partial charge on any atom is 0.164 e. The van der Waals surface area contributed by atoms with Crippen molar-refractivity contribution in [1.82, 2.24) is 0 Å². The van der Waals surface area contributed by atoms with E-state index in [0.29, 0.717) is 38.5 Å². The highest BCUT2D eigenvalue weighted by atomic mass is 16.3. The zero-order valence-corrected chi connectivity index (χ0v) is 12.3. The highest BCUT2D eigenvalue weighted by Gasteiger charge is 2.27. The van der Waals surface area contributed by atoms with Crippen LogP contribution in [0.25, 0.3) is 0 Å². The molecule has 0 spiro atoms. The smallest absolute Gasteiger partial charge is 0.164 e. The third-order valence-corrected chi connectivity index (χ3v) is 3.12. The van der Waals surface area contributed by atoms with Gasteiger partial charge in [0.25, 0.3) is 0 Å². The van der Waals surface area contributed by atoms with Crippen LogP contribution in [-0.2, 0) is 0 Å². The highest BCUT2D eigenvalue weighted by Crippen LogP contribution is 2.24. The first kappa shape index (κ1) is 18.5. The molecule has 0 heterocycles. The van der Waals surface area contributed by atoms with E-state index in [1.807, 2.05) is 0 Å². The number of hydrogen-bond donors (Lipinski definition) is 2. The van der Waals surface area contributed by atoms with E-state index in [4.69, 9.17) is 10.2 Å². The molecule has 0 aromatic rings. The molecule has 0 radical (unpaired) electrons. The van der Waals surface area contributed by atoms with Crippen LogP contribution >= 0.6 is 0 Å².